The zero-order valence-electron chi connectivity index (χ0n) is 29.2. The van der Waals surface area contributed by atoms with Crippen LogP contribution >= 0.6 is 0 Å². The maximum absolute atomic E-state index is 12.3. The second-order valence-electron chi connectivity index (χ2n) is 13.4. The summed E-state index contributed by atoms with van der Waals surface area (Å²) in [4.78, 5) is 12.3. The van der Waals surface area contributed by atoms with Gasteiger partial charge in [-0.25, -0.2) is 0 Å². The summed E-state index contributed by atoms with van der Waals surface area (Å²) >= 11 is 0. The number of hydrogen-bond donors (Lipinski definition) is 3. The molecule has 43 heavy (non-hydrogen) atoms. The van der Waals surface area contributed by atoms with Crippen LogP contribution in [0.3, 0.4) is 0 Å². The van der Waals surface area contributed by atoms with Crippen LogP contribution in [0.1, 0.15) is 213 Å². The SMILES string of the molecule is CCCCCCCCCCCC=CC(O)C(CO)NC(=O)CCCCCCCCCCCCCCCCCCCCCC. The molecule has 0 aromatic rings. The molecule has 1 amide bonds. The summed E-state index contributed by atoms with van der Waals surface area (Å²) < 4.78 is 0. The summed E-state index contributed by atoms with van der Waals surface area (Å²) in [5, 5.41) is 22.9. The molecule has 2 unspecified atom stereocenters. The third-order valence-corrected chi connectivity index (χ3v) is 9.02. The Kier molecular flexibility index (Phi) is 34.9. The molecule has 0 aliphatic heterocycles. The molecule has 0 radical (unpaired) electrons. The number of rotatable bonds is 35. The van der Waals surface area contributed by atoms with Crippen LogP contribution in [0.5, 0.6) is 0 Å². The standard InChI is InChI=1S/C39H77NO3/c1-3-5-7-9-11-13-15-16-17-18-19-20-21-22-23-25-27-29-31-33-35-39(43)40-37(36-41)38(42)34-32-30-28-26-24-14-12-10-8-6-4-2/h32,34,37-38,41-42H,3-31,33,35-36H2,1-2H3,(H,40,43). The number of amides is 1. The maximum atomic E-state index is 12.3. The highest BCUT2D eigenvalue weighted by Gasteiger charge is 2.17. The Labute approximate surface area is 269 Å². The maximum Gasteiger partial charge on any atom is 0.220 e. The van der Waals surface area contributed by atoms with E-state index in [1.165, 1.54) is 167 Å². The van der Waals surface area contributed by atoms with Gasteiger partial charge in [0.05, 0.1) is 18.8 Å². The minimum absolute atomic E-state index is 0.0622. The molecule has 2 atom stereocenters. The lowest BCUT2D eigenvalue weighted by Crippen LogP contribution is -2.45. The smallest absolute Gasteiger partial charge is 0.220 e. The summed E-state index contributed by atoms with van der Waals surface area (Å²) in [5.74, 6) is -0.0622. The summed E-state index contributed by atoms with van der Waals surface area (Å²) in [6, 6.07) is -0.614. The fraction of sp³-hybridized carbons (Fsp3) is 0.923. The number of allylic oxidation sites excluding steroid dienone is 1. The molecule has 0 heterocycles. The van der Waals surface area contributed by atoms with Gasteiger partial charge < -0.3 is 15.5 Å². The first-order chi connectivity index (χ1) is 21.2. The minimum Gasteiger partial charge on any atom is -0.394 e. The summed E-state index contributed by atoms with van der Waals surface area (Å²) in [6.45, 7) is 4.30. The molecule has 0 aliphatic carbocycles. The average molecular weight is 608 g/mol. The van der Waals surface area contributed by atoms with Crippen LogP contribution in [-0.4, -0.2) is 34.9 Å². The van der Waals surface area contributed by atoms with Crippen molar-refractivity contribution < 1.29 is 15.0 Å². The van der Waals surface area contributed by atoms with Gasteiger partial charge in [-0.15, -0.1) is 0 Å². The predicted molar refractivity (Wildman–Crippen MR) is 189 cm³/mol. The van der Waals surface area contributed by atoms with Crippen molar-refractivity contribution in [2.45, 2.75) is 225 Å². The van der Waals surface area contributed by atoms with Gasteiger partial charge in [0, 0.05) is 6.42 Å². The van der Waals surface area contributed by atoms with Gasteiger partial charge in [0.1, 0.15) is 0 Å². The molecule has 0 fully saturated rings. The summed E-state index contributed by atoms with van der Waals surface area (Å²) in [6.07, 6.45) is 43.0. The van der Waals surface area contributed by atoms with E-state index < -0.39 is 12.1 Å². The fourth-order valence-corrected chi connectivity index (χ4v) is 6.00. The van der Waals surface area contributed by atoms with Crippen molar-refractivity contribution in [3.05, 3.63) is 12.2 Å². The Morgan fingerprint density at radius 3 is 1.21 bits per heavy atom. The number of unbranched alkanes of at least 4 members (excludes halogenated alkanes) is 28. The van der Waals surface area contributed by atoms with Crippen molar-refractivity contribution in [2.75, 3.05) is 6.61 Å². The monoisotopic (exact) mass is 608 g/mol. The van der Waals surface area contributed by atoms with E-state index in [0.29, 0.717) is 6.42 Å². The molecule has 0 aromatic heterocycles. The normalized spacial score (nSPS) is 13.1. The molecule has 256 valence electrons. The number of nitrogens with one attached hydrogen (secondary N) is 1. The lowest BCUT2D eigenvalue weighted by Gasteiger charge is -2.20. The van der Waals surface area contributed by atoms with Crippen LogP contribution in [-0.2, 0) is 4.79 Å². The third kappa shape index (κ3) is 32.3. The van der Waals surface area contributed by atoms with Crippen LogP contribution in [0.25, 0.3) is 0 Å². The molecule has 0 bridgehead atoms. The number of carbonyl (C=O) groups is 1. The Bertz CT molecular complexity index is 579. The van der Waals surface area contributed by atoms with E-state index in [2.05, 4.69) is 19.2 Å². The molecule has 0 rings (SSSR count). The molecule has 0 saturated carbocycles. The van der Waals surface area contributed by atoms with Crippen LogP contribution in [0.15, 0.2) is 12.2 Å². The molecule has 0 spiro atoms. The Morgan fingerprint density at radius 1 is 0.535 bits per heavy atom. The summed E-state index contributed by atoms with van der Waals surface area (Å²) in [5.41, 5.74) is 0. The third-order valence-electron chi connectivity index (χ3n) is 9.02. The van der Waals surface area contributed by atoms with Crippen LogP contribution in [0.4, 0.5) is 0 Å². The van der Waals surface area contributed by atoms with Crippen LogP contribution in [0, 0.1) is 0 Å². The summed E-state index contributed by atoms with van der Waals surface area (Å²) in [7, 11) is 0. The highest BCUT2D eigenvalue weighted by molar-refractivity contribution is 5.76. The molecule has 0 aromatic carbocycles. The van der Waals surface area contributed by atoms with Gasteiger partial charge in [-0.3, -0.25) is 4.79 Å². The van der Waals surface area contributed by atoms with E-state index in [-0.39, 0.29) is 12.5 Å². The van der Waals surface area contributed by atoms with Gasteiger partial charge >= 0.3 is 0 Å². The highest BCUT2D eigenvalue weighted by Crippen LogP contribution is 2.15. The van der Waals surface area contributed by atoms with Crippen LogP contribution < -0.4 is 5.32 Å². The Balaban J connectivity index is 3.52. The van der Waals surface area contributed by atoms with Crippen molar-refractivity contribution in [1.29, 1.82) is 0 Å². The van der Waals surface area contributed by atoms with Gasteiger partial charge in [-0.05, 0) is 19.3 Å². The molecular weight excluding hydrogens is 530 g/mol. The largest absolute Gasteiger partial charge is 0.394 e. The fourth-order valence-electron chi connectivity index (χ4n) is 6.00. The number of aliphatic hydroxyl groups is 2. The molecule has 3 N–H and O–H groups in total. The lowest BCUT2D eigenvalue weighted by molar-refractivity contribution is -0.123. The van der Waals surface area contributed by atoms with Crippen molar-refractivity contribution in [1.82, 2.24) is 5.32 Å². The van der Waals surface area contributed by atoms with Gasteiger partial charge in [0.25, 0.3) is 0 Å². The Hall–Kier alpha value is -0.870. The van der Waals surface area contributed by atoms with Gasteiger partial charge in [-0.2, -0.15) is 0 Å². The Morgan fingerprint density at radius 2 is 0.860 bits per heavy atom. The topological polar surface area (TPSA) is 69.6 Å². The quantitative estimate of drug-likeness (QED) is 0.0496. The number of aliphatic hydroxyl groups excluding tert-OH is 2. The van der Waals surface area contributed by atoms with E-state index in [1.807, 2.05) is 6.08 Å². The number of carbonyl (C=O) groups excluding carboxylic acids is 1. The molecule has 4 nitrogen and oxygen atoms in total. The van der Waals surface area contributed by atoms with Crippen molar-refractivity contribution in [3.8, 4) is 0 Å². The number of hydrogen-bond acceptors (Lipinski definition) is 3. The lowest BCUT2D eigenvalue weighted by atomic mass is 10.0. The first kappa shape index (κ1) is 42.1. The first-order valence-electron chi connectivity index (χ1n) is 19.4. The first-order valence-corrected chi connectivity index (χ1v) is 19.4. The van der Waals surface area contributed by atoms with E-state index in [4.69, 9.17) is 0 Å². The average Bonchev–Trinajstić information content (AvgIpc) is 3.01. The highest BCUT2D eigenvalue weighted by atomic mass is 16.3. The van der Waals surface area contributed by atoms with Gasteiger partial charge in [0.2, 0.25) is 5.91 Å². The van der Waals surface area contributed by atoms with Gasteiger partial charge in [0.15, 0.2) is 0 Å². The van der Waals surface area contributed by atoms with E-state index >= 15 is 0 Å². The second kappa shape index (κ2) is 35.6. The van der Waals surface area contributed by atoms with E-state index in [1.54, 1.807) is 6.08 Å². The van der Waals surface area contributed by atoms with Crippen molar-refractivity contribution in [3.63, 3.8) is 0 Å². The molecular formula is C39H77NO3. The molecule has 0 saturated heterocycles. The van der Waals surface area contributed by atoms with Crippen LogP contribution in [0.2, 0.25) is 0 Å². The molecule has 4 heteroatoms. The van der Waals surface area contributed by atoms with Crippen molar-refractivity contribution >= 4 is 5.91 Å². The second-order valence-corrected chi connectivity index (χ2v) is 13.4. The van der Waals surface area contributed by atoms with E-state index in [9.17, 15) is 15.0 Å². The van der Waals surface area contributed by atoms with Crippen molar-refractivity contribution in [2.24, 2.45) is 0 Å². The predicted octanol–water partition coefficient (Wildman–Crippen LogP) is 11.5. The van der Waals surface area contributed by atoms with Gasteiger partial charge in [-0.1, -0.05) is 199 Å². The van der Waals surface area contributed by atoms with E-state index in [0.717, 1.165) is 25.7 Å². The minimum atomic E-state index is -0.831. The molecule has 0 aliphatic rings. The zero-order chi connectivity index (χ0) is 31.5. The zero-order valence-corrected chi connectivity index (χ0v) is 29.2.